The van der Waals surface area contributed by atoms with Crippen LogP contribution in [0, 0.1) is 0 Å². The molecule has 5 aromatic rings. The van der Waals surface area contributed by atoms with Gasteiger partial charge in [0.15, 0.2) is 11.8 Å². The predicted octanol–water partition coefficient (Wildman–Crippen LogP) is 3.02. The van der Waals surface area contributed by atoms with Gasteiger partial charge in [-0.05, 0) is 48.0 Å². The average molecular weight is 549 g/mol. The molecule has 4 nitrogen and oxygen atoms in total. The van der Waals surface area contributed by atoms with Gasteiger partial charge in [-0.3, -0.25) is 0 Å². The van der Waals surface area contributed by atoms with Gasteiger partial charge in [0.2, 0.25) is 11.4 Å². The highest BCUT2D eigenvalue weighted by Crippen LogP contribution is 2.47. The van der Waals surface area contributed by atoms with Crippen LogP contribution in [0.3, 0.4) is 0 Å². The summed E-state index contributed by atoms with van der Waals surface area (Å²) in [6, 6.07) is 25.0. The summed E-state index contributed by atoms with van der Waals surface area (Å²) >= 11 is 1.78. The van der Waals surface area contributed by atoms with Crippen molar-refractivity contribution >= 4 is 45.5 Å². The summed E-state index contributed by atoms with van der Waals surface area (Å²) in [6.07, 6.45) is 4.39. The molecule has 0 aliphatic carbocycles. The van der Waals surface area contributed by atoms with E-state index in [1.807, 2.05) is 24.3 Å². The minimum atomic E-state index is 0. The number of fused-ring (bicyclic) bond motifs is 3. The summed E-state index contributed by atoms with van der Waals surface area (Å²) in [5.74, 6) is 0.659. The number of para-hydroxylation sites is 3. The van der Waals surface area contributed by atoms with Crippen molar-refractivity contribution in [2.45, 2.75) is 4.90 Å². The zero-order valence-electron chi connectivity index (χ0n) is 17.6. The summed E-state index contributed by atoms with van der Waals surface area (Å²) in [4.78, 5) is 8.11. The molecule has 1 aliphatic rings. The molecule has 0 bridgehead atoms. The lowest BCUT2D eigenvalue weighted by Gasteiger charge is -2.13. The molecule has 0 unspecified atom stereocenters. The Kier molecular flexibility index (Phi) is 5.43. The van der Waals surface area contributed by atoms with Crippen molar-refractivity contribution in [3.63, 3.8) is 0 Å². The maximum atomic E-state index is 5.97. The fourth-order valence-electron chi connectivity index (χ4n) is 4.07. The smallest absolute Gasteiger partial charge is 0.227 e. The molecule has 6 rings (SSSR count). The van der Waals surface area contributed by atoms with E-state index in [4.69, 9.17) is 4.42 Å². The molecule has 6 heteroatoms. The molecule has 0 atom stereocenters. The van der Waals surface area contributed by atoms with Crippen LogP contribution in [0.2, 0.25) is 0 Å². The lowest BCUT2D eigenvalue weighted by Crippen LogP contribution is -3.00. The highest BCUT2D eigenvalue weighted by atomic mass is 127. The first-order chi connectivity index (χ1) is 15.2. The first-order valence-corrected chi connectivity index (χ1v) is 11.0. The number of rotatable bonds is 2. The zero-order chi connectivity index (χ0) is 20.9. The molecule has 32 heavy (non-hydrogen) atoms. The molecule has 1 aliphatic heterocycles. The molecule has 0 N–H and O–H groups in total. The Labute approximate surface area is 207 Å². The maximum absolute atomic E-state index is 5.97. The second-order valence-corrected chi connectivity index (χ2v) is 8.77. The van der Waals surface area contributed by atoms with Crippen molar-refractivity contribution in [2.24, 2.45) is 7.05 Å². The normalized spacial score (nSPS) is 14.2. The Bertz CT molecular complexity index is 1480. The molecule has 158 valence electrons. The van der Waals surface area contributed by atoms with Gasteiger partial charge in [0.25, 0.3) is 0 Å². The number of thioether (sulfide) groups is 1. The van der Waals surface area contributed by atoms with Crippen LogP contribution in [0.25, 0.3) is 39.5 Å². The quantitative estimate of drug-likeness (QED) is 0.251. The molecule has 0 saturated carbocycles. The van der Waals surface area contributed by atoms with Crippen molar-refractivity contribution in [1.82, 2.24) is 4.98 Å². The predicted molar refractivity (Wildman–Crippen MR) is 127 cm³/mol. The third-order valence-electron chi connectivity index (χ3n) is 5.76. The molecule has 0 saturated heterocycles. The van der Waals surface area contributed by atoms with Gasteiger partial charge in [-0.25, -0.2) is 9.55 Å². The van der Waals surface area contributed by atoms with Crippen LogP contribution in [0.5, 0.6) is 0 Å². The SMILES string of the molecule is CN1C(=Cc2cc[n+](C)c3ccccc23)Sc2cc(-c3nc4ccccc4o3)ccc21.[I-]. The number of anilines is 1. The number of oxazole rings is 1. The van der Waals surface area contributed by atoms with Crippen molar-refractivity contribution in [1.29, 1.82) is 0 Å². The average Bonchev–Trinajstić information content (AvgIpc) is 3.37. The second kappa shape index (κ2) is 8.26. The Morgan fingerprint density at radius 1 is 1.00 bits per heavy atom. The third kappa shape index (κ3) is 3.47. The van der Waals surface area contributed by atoms with Crippen LogP contribution in [0.15, 0.2) is 93.3 Å². The number of benzene rings is 3. The molecule has 0 spiro atoms. The molecule has 3 aromatic carbocycles. The zero-order valence-corrected chi connectivity index (χ0v) is 20.6. The van der Waals surface area contributed by atoms with E-state index in [-0.39, 0.29) is 24.0 Å². The van der Waals surface area contributed by atoms with E-state index in [2.05, 4.69) is 89.4 Å². The first-order valence-electron chi connectivity index (χ1n) is 10.2. The lowest BCUT2D eigenvalue weighted by molar-refractivity contribution is -0.644. The molecular formula is C26H20IN3OS. The maximum Gasteiger partial charge on any atom is 0.227 e. The molecule has 0 amide bonds. The van der Waals surface area contributed by atoms with Crippen LogP contribution < -0.4 is 33.4 Å². The number of aryl methyl sites for hydroxylation is 1. The molecule has 0 radical (unpaired) electrons. The molecule has 0 fully saturated rings. The van der Waals surface area contributed by atoms with Crippen molar-refractivity contribution in [3.05, 3.63) is 89.6 Å². The number of halogens is 1. The second-order valence-electron chi connectivity index (χ2n) is 7.71. The fourth-order valence-corrected chi connectivity index (χ4v) is 5.22. The van der Waals surface area contributed by atoms with Crippen molar-refractivity contribution in [2.75, 3.05) is 11.9 Å². The standard InChI is InChI=1S/C26H20N3OS.HI/c1-28-14-13-17(19-7-3-5-9-21(19)28)16-25-29(2)22-12-11-18(15-24(22)31-25)26-27-20-8-4-6-10-23(20)30-26;/h3-16H,1-2H3;1H/q+1;/p-1. The van der Waals surface area contributed by atoms with Crippen molar-refractivity contribution < 1.29 is 33.0 Å². The number of hydrogen-bond acceptors (Lipinski definition) is 4. The largest absolute Gasteiger partial charge is 1.00 e. The van der Waals surface area contributed by atoms with E-state index in [1.54, 1.807) is 11.8 Å². The first kappa shape index (κ1) is 21.0. The van der Waals surface area contributed by atoms with E-state index in [1.165, 1.54) is 32.1 Å². The number of aromatic nitrogens is 2. The van der Waals surface area contributed by atoms with Crippen LogP contribution in [0.4, 0.5) is 5.69 Å². The van der Waals surface area contributed by atoms with E-state index in [0.29, 0.717) is 5.89 Å². The van der Waals surface area contributed by atoms with E-state index < -0.39 is 0 Å². The van der Waals surface area contributed by atoms with Crippen LogP contribution in [0.1, 0.15) is 5.56 Å². The lowest BCUT2D eigenvalue weighted by atomic mass is 10.1. The van der Waals surface area contributed by atoms with E-state index >= 15 is 0 Å². The Morgan fingerprint density at radius 3 is 2.69 bits per heavy atom. The van der Waals surface area contributed by atoms with Crippen LogP contribution >= 0.6 is 11.8 Å². The number of nitrogens with zero attached hydrogens (tertiary/aromatic N) is 3. The summed E-state index contributed by atoms with van der Waals surface area (Å²) in [5, 5.41) is 2.45. The minimum absolute atomic E-state index is 0. The van der Waals surface area contributed by atoms with Gasteiger partial charge in [0, 0.05) is 29.6 Å². The highest BCUT2D eigenvalue weighted by Gasteiger charge is 2.24. The van der Waals surface area contributed by atoms with E-state index in [0.717, 1.165) is 16.7 Å². The fraction of sp³-hybridized carbons (Fsp3) is 0.0769. The topological polar surface area (TPSA) is 33.2 Å². The molecule has 2 aromatic heterocycles. The van der Waals surface area contributed by atoms with Gasteiger partial charge in [0.05, 0.1) is 16.1 Å². The monoisotopic (exact) mass is 549 g/mol. The number of pyridine rings is 1. The minimum Gasteiger partial charge on any atom is -1.00 e. The highest BCUT2D eigenvalue weighted by molar-refractivity contribution is 8.03. The Hall–Kier alpha value is -2.84. The molecule has 3 heterocycles. The summed E-state index contributed by atoms with van der Waals surface area (Å²) in [7, 11) is 4.20. The number of hydrogen-bond donors (Lipinski definition) is 0. The van der Waals surface area contributed by atoms with E-state index in [9.17, 15) is 0 Å². The third-order valence-corrected chi connectivity index (χ3v) is 6.91. The summed E-state index contributed by atoms with van der Waals surface area (Å²) < 4.78 is 8.13. The van der Waals surface area contributed by atoms with Crippen LogP contribution in [-0.2, 0) is 7.05 Å². The van der Waals surface area contributed by atoms with Gasteiger partial charge in [-0.2, -0.15) is 0 Å². The van der Waals surface area contributed by atoms with Crippen LogP contribution in [-0.4, -0.2) is 12.0 Å². The molecular weight excluding hydrogens is 529 g/mol. The van der Waals surface area contributed by atoms with Gasteiger partial charge in [-0.15, -0.1) is 0 Å². The Balaban J connectivity index is 0.00000216. The van der Waals surface area contributed by atoms with Gasteiger partial charge in [-0.1, -0.05) is 36.0 Å². The summed E-state index contributed by atoms with van der Waals surface area (Å²) in [5.41, 5.74) is 6.32. The summed E-state index contributed by atoms with van der Waals surface area (Å²) in [6.45, 7) is 0. The van der Waals surface area contributed by atoms with Gasteiger partial charge < -0.3 is 33.3 Å². The Morgan fingerprint density at radius 2 is 1.81 bits per heavy atom. The van der Waals surface area contributed by atoms with Crippen molar-refractivity contribution in [3.8, 4) is 11.5 Å². The van der Waals surface area contributed by atoms with Gasteiger partial charge >= 0.3 is 0 Å². The van der Waals surface area contributed by atoms with Gasteiger partial charge in [0.1, 0.15) is 12.6 Å².